The molecule has 1 N–H and O–H groups in total. The van der Waals surface area contributed by atoms with Crippen molar-refractivity contribution < 1.29 is 0 Å². The van der Waals surface area contributed by atoms with E-state index in [1.807, 2.05) is 19.3 Å². The summed E-state index contributed by atoms with van der Waals surface area (Å²) in [7, 11) is 0. The molecule has 1 aliphatic heterocycles. The zero-order chi connectivity index (χ0) is 17.2. The molecule has 0 unspecified atom stereocenters. The van der Waals surface area contributed by atoms with Crippen LogP contribution in [-0.2, 0) is 0 Å². The van der Waals surface area contributed by atoms with Crippen LogP contribution in [0.15, 0.2) is 12.4 Å². The first kappa shape index (κ1) is 17.6. The van der Waals surface area contributed by atoms with Crippen LogP contribution < -0.4 is 10.2 Å². The highest BCUT2D eigenvalue weighted by Crippen LogP contribution is 2.26. The van der Waals surface area contributed by atoms with Crippen molar-refractivity contribution in [2.45, 2.75) is 71.0 Å². The minimum Gasteiger partial charge on any atom is -0.338 e. The second-order valence-electron chi connectivity index (χ2n) is 8.48. The van der Waals surface area contributed by atoms with Gasteiger partial charge < -0.3 is 10.2 Å². The maximum absolute atomic E-state index is 4.47. The van der Waals surface area contributed by atoms with E-state index in [4.69, 9.17) is 0 Å². The predicted molar refractivity (Wildman–Crippen MR) is 99.5 cm³/mol. The van der Waals surface area contributed by atoms with Gasteiger partial charge in [-0.3, -0.25) is 4.90 Å². The summed E-state index contributed by atoms with van der Waals surface area (Å²) < 4.78 is 0. The van der Waals surface area contributed by atoms with Crippen molar-refractivity contribution in [2.75, 3.05) is 31.1 Å². The van der Waals surface area contributed by atoms with E-state index in [0.717, 1.165) is 43.7 Å². The van der Waals surface area contributed by atoms with Crippen molar-refractivity contribution in [3.8, 4) is 0 Å². The molecule has 1 aromatic rings. The number of nitrogens with zero attached hydrogens (tertiary/aromatic N) is 4. The quantitative estimate of drug-likeness (QED) is 0.922. The van der Waals surface area contributed by atoms with Gasteiger partial charge >= 0.3 is 0 Å². The molecule has 0 spiro atoms. The molecule has 0 amide bonds. The summed E-state index contributed by atoms with van der Waals surface area (Å²) in [5, 5.41) is 3.77. The molecule has 2 heterocycles. The molecule has 1 aliphatic carbocycles. The molecule has 2 aliphatic rings. The van der Waals surface area contributed by atoms with Crippen LogP contribution in [0.3, 0.4) is 0 Å². The van der Waals surface area contributed by atoms with E-state index >= 15 is 0 Å². The van der Waals surface area contributed by atoms with Gasteiger partial charge in [0.15, 0.2) is 0 Å². The van der Waals surface area contributed by atoms with Gasteiger partial charge in [0, 0.05) is 56.2 Å². The third-order valence-corrected chi connectivity index (χ3v) is 5.21. The molecule has 1 aromatic heterocycles. The smallest absolute Gasteiger partial charge is 0.225 e. The second-order valence-corrected chi connectivity index (χ2v) is 8.48. The second kappa shape index (κ2) is 7.36. The fraction of sp³-hybridized carbons (Fsp3) is 0.789. The number of rotatable bonds is 3. The SMILES string of the molecule is Cc1cnc(N2CCN(C3CCC(NC(C)(C)C)CC3)CC2)nc1. The van der Waals surface area contributed by atoms with Crippen LogP contribution >= 0.6 is 0 Å². The zero-order valence-corrected chi connectivity index (χ0v) is 15.8. The lowest BCUT2D eigenvalue weighted by Gasteiger charge is -2.43. The molecule has 24 heavy (non-hydrogen) atoms. The number of hydrogen-bond donors (Lipinski definition) is 1. The fourth-order valence-electron chi connectivity index (χ4n) is 4.03. The summed E-state index contributed by atoms with van der Waals surface area (Å²) in [4.78, 5) is 14.0. The summed E-state index contributed by atoms with van der Waals surface area (Å²) in [6.07, 6.45) is 9.10. The van der Waals surface area contributed by atoms with Gasteiger partial charge in [0.1, 0.15) is 0 Å². The molecule has 5 nitrogen and oxygen atoms in total. The lowest BCUT2D eigenvalue weighted by molar-refractivity contribution is 0.130. The first-order chi connectivity index (χ1) is 11.4. The highest BCUT2D eigenvalue weighted by molar-refractivity contribution is 5.30. The third-order valence-electron chi connectivity index (χ3n) is 5.21. The molecule has 1 saturated carbocycles. The third kappa shape index (κ3) is 4.67. The average molecular weight is 332 g/mol. The van der Waals surface area contributed by atoms with Crippen LogP contribution in [0.2, 0.25) is 0 Å². The number of aryl methyl sites for hydroxylation is 1. The van der Waals surface area contributed by atoms with Crippen molar-refractivity contribution in [3.05, 3.63) is 18.0 Å². The van der Waals surface area contributed by atoms with Crippen LogP contribution in [0.1, 0.15) is 52.0 Å². The maximum Gasteiger partial charge on any atom is 0.225 e. The van der Waals surface area contributed by atoms with E-state index in [9.17, 15) is 0 Å². The van der Waals surface area contributed by atoms with E-state index in [1.54, 1.807) is 0 Å². The van der Waals surface area contributed by atoms with Gasteiger partial charge in [0.05, 0.1) is 0 Å². The van der Waals surface area contributed by atoms with Crippen LogP contribution in [0.4, 0.5) is 5.95 Å². The van der Waals surface area contributed by atoms with Crippen molar-refractivity contribution in [3.63, 3.8) is 0 Å². The lowest BCUT2D eigenvalue weighted by Crippen LogP contribution is -2.53. The number of hydrogen-bond acceptors (Lipinski definition) is 5. The monoisotopic (exact) mass is 331 g/mol. The minimum atomic E-state index is 0.233. The van der Waals surface area contributed by atoms with Crippen LogP contribution in [0, 0.1) is 6.92 Å². The van der Waals surface area contributed by atoms with E-state index in [0.29, 0.717) is 6.04 Å². The van der Waals surface area contributed by atoms with Gasteiger partial charge in [0.2, 0.25) is 5.95 Å². The first-order valence-corrected chi connectivity index (χ1v) is 9.46. The summed E-state index contributed by atoms with van der Waals surface area (Å²) >= 11 is 0. The van der Waals surface area contributed by atoms with E-state index in [1.165, 1.54) is 25.7 Å². The summed E-state index contributed by atoms with van der Waals surface area (Å²) in [6, 6.07) is 1.47. The Morgan fingerprint density at radius 2 is 1.54 bits per heavy atom. The molecule has 0 atom stereocenters. The summed E-state index contributed by atoms with van der Waals surface area (Å²) in [5.41, 5.74) is 1.36. The number of nitrogens with one attached hydrogen (secondary N) is 1. The Balaban J connectivity index is 1.45. The highest BCUT2D eigenvalue weighted by atomic mass is 15.3. The number of aromatic nitrogens is 2. The molecule has 0 radical (unpaired) electrons. The van der Waals surface area contributed by atoms with Gasteiger partial charge in [-0.2, -0.15) is 0 Å². The van der Waals surface area contributed by atoms with Gasteiger partial charge in [0.25, 0.3) is 0 Å². The van der Waals surface area contributed by atoms with E-state index in [-0.39, 0.29) is 5.54 Å². The molecular weight excluding hydrogens is 298 g/mol. The van der Waals surface area contributed by atoms with Crippen molar-refractivity contribution in [2.24, 2.45) is 0 Å². The van der Waals surface area contributed by atoms with Crippen molar-refractivity contribution in [1.82, 2.24) is 20.2 Å². The number of piperazine rings is 1. The minimum absolute atomic E-state index is 0.233. The number of anilines is 1. The first-order valence-electron chi connectivity index (χ1n) is 9.46. The van der Waals surface area contributed by atoms with E-state index in [2.05, 4.69) is 45.9 Å². The Hall–Kier alpha value is -1.20. The molecule has 3 rings (SSSR count). The molecule has 2 fully saturated rings. The summed E-state index contributed by atoms with van der Waals surface area (Å²) in [5.74, 6) is 0.887. The molecule has 1 saturated heterocycles. The molecule has 0 aromatic carbocycles. The topological polar surface area (TPSA) is 44.3 Å². The average Bonchev–Trinajstić information content (AvgIpc) is 2.55. The fourth-order valence-corrected chi connectivity index (χ4v) is 4.03. The molecule has 134 valence electrons. The van der Waals surface area contributed by atoms with E-state index < -0.39 is 0 Å². The largest absolute Gasteiger partial charge is 0.338 e. The Labute approximate surface area is 146 Å². The standard InChI is InChI=1S/C19H33N5/c1-15-13-20-18(21-14-15)24-11-9-23(10-12-24)17-7-5-16(6-8-17)22-19(2,3)4/h13-14,16-17,22H,5-12H2,1-4H3. The predicted octanol–water partition coefficient (Wildman–Crippen LogP) is 2.61. The van der Waals surface area contributed by atoms with Crippen LogP contribution in [0.25, 0.3) is 0 Å². The Kier molecular flexibility index (Phi) is 5.40. The van der Waals surface area contributed by atoms with Crippen molar-refractivity contribution >= 4 is 5.95 Å². The normalized spacial score (nSPS) is 26.6. The Morgan fingerprint density at radius 1 is 0.958 bits per heavy atom. The van der Waals surface area contributed by atoms with Gasteiger partial charge in [-0.15, -0.1) is 0 Å². The lowest BCUT2D eigenvalue weighted by atomic mass is 9.88. The Morgan fingerprint density at radius 3 is 2.08 bits per heavy atom. The van der Waals surface area contributed by atoms with Gasteiger partial charge in [-0.1, -0.05) is 0 Å². The molecule has 0 bridgehead atoms. The molecular formula is C19H33N5. The highest BCUT2D eigenvalue weighted by Gasteiger charge is 2.30. The van der Waals surface area contributed by atoms with Crippen molar-refractivity contribution in [1.29, 1.82) is 0 Å². The Bertz CT molecular complexity index is 506. The molecule has 5 heteroatoms. The maximum atomic E-state index is 4.47. The summed E-state index contributed by atoms with van der Waals surface area (Å²) in [6.45, 7) is 13.2. The van der Waals surface area contributed by atoms with Crippen LogP contribution in [0.5, 0.6) is 0 Å². The zero-order valence-electron chi connectivity index (χ0n) is 15.8. The van der Waals surface area contributed by atoms with Gasteiger partial charge in [-0.05, 0) is 58.9 Å². The van der Waals surface area contributed by atoms with Crippen LogP contribution in [-0.4, -0.2) is 58.7 Å². The van der Waals surface area contributed by atoms with Gasteiger partial charge in [-0.25, -0.2) is 9.97 Å².